The van der Waals surface area contributed by atoms with Crippen molar-refractivity contribution in [2.75, 3.05) is 26.2 Å². The molecule has 0 saturated carbocycles. The van der Waals surface area contributed by atoms with Crippen LogP contribution in [0.2, 0.25) is 0 Å². The van der Waals surface area contributed by atoms with Crippen LogP contribution in [0.3, 0.4) is 0 Å². The number of urea groups is 1. The Kier molecular flexibility index (Phi) is 4.88. The molecule has 1 aliphatic heterocycles. The molecule has 2 amide bonds. The van der Waals surface area contributed by atoms with Crippen molar-refractivity contribution in [3.05, 3.63) is 0 Å². The van der Waals surface area contributed by atoms with Crippen molar-refractivity contribution in [3.8, 4) is 0 Å². The van der Waals surface area contributed by atoms with Crippen LogP contribution in [0, 0.1) is 11.8 Å². The van der Waals surface area contributed by atoms with Gasteiger partial charge in [-0.25, -0.2) is 4.79 Å². The SMILES string of the molecule is CC(C)CNC(=O)N1CCCC(CO)C1. The molecule has 4 heteroatoms. The maximum atomic E-state index is 11.7. The number of nitrogens with zero attached hydrogens (tertiary/aromatic N) is 1. The number of rotatable bonds is 3. The van der Waals surface area contributed by atoms with E-state index >= 15 is 0 Å². The number of carbonyl (C=O) groups is 1. The molecule has 1 saturated heterocycles. The minimum Gasteiger partial charge on any atom is -0.396 e. The minimum absolute atomic E-state index is 0.0156. The molecule has 0 bridgehead atoms. The Bertz CT molecular complexity index is 207. The summed E-state index contributed by atoms with van der Waals surface area (Å²) in [5.74, 6) is 0.746. The molecule has 1 fully saturated rings. The molecule has 1 unspecified atom stereocenters. The zero-order chi connectivity index (χ0) is 11.3. The third-order valence-electron chi connectivity index (χ3n) is 2.73. The first-order valence-electron chi connectivity index (χ1n) is 5.77. The molecule has 1 aliphatic rings. The second-order valence-electron chi connectivity index (χ2n) is 4.72. The molecule has 1 atom stereocenters. The molecule has 1 rings (SSSR count). The maximum absolute atomic E-state index is 11.7. The molecule has 2 N–H and O–H groups in total. The van der Waals surface area contributed by atoms with E-state index in [0.29, 0.717) is 12.5 Å². The number of likely N-dealkylation sites (tertiary alicyclic amines) is 1. The van der Waals surface area contributed by atoms with Crippen molar-refractivity contribution < 1.29 is 9.90 Å². The smallest absolute Gasteiger partial charge is 0.317 e. The average Bonchev–Trinajstić information content (AvgIpc) is 2.26. The van der Waals surface area contributed by atoms with Crippen LogP contribution < -0.4 is 5.32 Å². The van der Waals surface area contributed by atoms with Crippen LogP contribution in [0.1, 0.15) is 26.7 Å². The zero-order valence-electron chi connectivity index (χ0n) is 9.70. The van der Waals surface area contributed by atoms with E-state index in [2.05, 4.69) is 19.2 Å². The number of amides is 2. The highest BCUT2D eigenvalue weighted by Gasteiger charge is 2.22. The van der Waals surface area contributed by atoms with Gasteiger partial charge < -0.3 is 15.3 Å². The van der Waals surface area contributed by atoms with Crippen LogP contribution in [0.25, 0.3) is 0 Å². The summed E-state index contributed by atoms with van der Waals surface area (Å²) < 4.78 is 0. The fraction of sp³-hybridized carbons (Fsp3) is 0.909. The Morgan fingerprint density at radius 2 is 2.33 bits per heavy atom. The van der Waals surface area contributed by atoms with Crippen LogP contribution in [0.15, 0.2) is 0 Å². The number of aliphatic hydroxyl groups excluding tert-OH is 1. The van der Waals surface area contributed by atoms with Gasteiger partial charge in [0, 0.05) is 26.2 Å². The highest BCUT2D eigenvalue weighted by atomic mass is 16.3. The van der Waals surface area contributed by atoms with Crippen LogP contribution in [-0.2, 0) is 0 Å². The fourth-order valence-electron chi connectivity index (χ4n) is 1.80. The Hall–Kier alpha value is -0.770. The van der Waals surface area contributed by atoms with Gasteiger partial charge in [0.05, 0.1) is 0 Å². The van der Waals surface area contributed by atoms with Gasteiger partial charge in [-0.2, -0.15) is 0 Å². The van der Waals surface area contributed by atoms with Crippen molar-refractivity contribution in [2.24, 2.45) is 11.8 Å². The molecule has 4 nitrogen and oxygen atoms in total. The number of nitrogens with one attached hydrogen (secondary N) is 1. The number of piperidine rings is 1. The summed E-state index contributed by atoms with van der Waals surface area (Å²) in [5, 5.41) is 12.0. The molecule has 15 heavy (non-hydrogen) atoms. The van der Waals surface area contributed by atoms with E-state index in [-0.39, 0.29) is 18.6 Å². The predicted molar refractivity (Wildman–Crippen MR) is 59.6 cm³/mol. The molecule has 0 aliphatic carbocycles. The van der Waals surface area contributed by atoms with E-state index < -0.39 is 0 Å². The van der Waals surface area contributed by atoms with Crippen molar-refractivity contribution in [1.82, 2.24) is 10.2 Å². The monoisotopic (exact) mass is 214 g/mol. The van der Waals surface area contributed by atoms with Crippen LogP contribution >= 0.6 is 0 Å². The quantitative estimate of drug-likeness (QED) is 0.738. The summed E-state index contributed by atoms with van der Waals surface area (Å²) in [5.41, 5.74) is 0. The molecule has 0 radical (unpaired) electrons. The van der Waals surface area contributed by atoms with Gasteiger partial charge in [0.25, 0.3) is 0 Å². The second kappa shape index (κ2) is 5.95. The van der Waals surface area contributed by atoms with Gasteiger partial charge in [-0.1, -0.05) is 13.8 Å². The van der Waals surface area contributed by atoms with Crippen molar-refractivity contribution in [1.29, 1.82) is 0 Å². The van der Waals surface area contributed by atoms with E-state index in [1.165, 1.54) is 0 Å². The normalized spacial score (nSPS) is 21.9. The van der Waals surface area contributed by atoms with Gasteiger partial charge in [0.2, 0.25) is 0 Å². The molecule has 0 aromatic carbocycles. The predicted octanol–water partition coefficient (Wildman–Crippen LogP) is 1.06. The van der Waals surface area contributed by atoms with Crippen LogP contribution in [0.4, 0.5) is 4.79 Å². The van der Waals surface area contributed by atoms with Gasteiger partial charge in [-0.3, -0.25) is 0 Å². The largest absolute Gasteiger partial charge is 0.396 e. The first-order chi connectivity index (χ1) is 7.13. The van der Waals surface area contributed by atoms with E-state index in [1.54, 1.807) is 0 Å². The van der Waals surface area contributed by atoms with Crippen LogP contribution in [-0.4, -0.2) is 42.3 Å². The molecular weight excluding hydrogens is 192 g/mol. The third kappa shape index (κ3) is 4.08. The van der Waals surface area contributed by atoms with E-state index in [1.807, 2.05) is 4.90 Å². The molecule has 1 heterocycles. The Labute approximate surface area is 91.6 Å². The maximum Gasteiger partial charge on any atom is 0.317 e. The van der Waals surface area contributed by atoms with Gasteiger partial charge in [-0.05, 0) is 24.7 Å². The lowest BCUT2D eigenvalue weighted by molar-refractivity contribution is 0.129. The summed E-state index contributed by atoms with van der Waals surface area (Å²) in [4.78, 5) is 13.5. The second-order valence-corrected chi connectivity index (χ2v) is 4.72. The molecule has 0 aromatic rings. The Balaban J connectivity index is 2.32. The van der Waals surface area contributed by atoms with Gasteiger partial charge >= 0.3 is 6.03 Å². The van der Waals surface area contributed by atoms with E-state index in [4.69, 9.17) is 5.11 Å². The summed E-state index contributed by atoms with van der Waals surface area (Å²) in [6, 6.07) is 0.0156. The third-order valence-corrected chi connectivity index (χ3v) is 2.73. The number of carbonyl (C=O) groups excluding carboxylic acids is 1. The van der Waals surface area contributed by atoms with Crippen molar-refractivity contribution >= 4 is 6.03 Å². The van der Waals surface area contributed by atoms with Crippen molar-refractivity contribution in [3.63, 3.8) is 0 Å². The highest BCUT2D eigenvalue weighted by Crippen LogP contribution is 2.15. The Morgan fingerprint density at radius 1 is 1.60 bits per heavy atom. The summed E-state index contributed by atoms with van der Waals surface area (Å²) >= 11 is 0. The lowest BCUT2D eigenvalue weighted by Gasteiger charge is -2.32. The molecule has 88 valence electrons. The number of aliphatic hydroxyl groups is 1. The summed E-state index contributed by atoms with van der Waals surface area (Å²) in [6.07, 6.45) is 2.03. The summed E-state index contributed by atoms with van der Waals surface area (Å²) in [7, 11) is 0. The number of hydrogen-bond acceptors (Lipinski definition) is 2. The molecule has 0 spiro atoms. The highest BCUT2D eigenvalue weighted by molar-refractivity contribution is 5.74. The lowest BCUT2D eigenvalue weighted by Crippen LogP contribution is -2.46. The van der Waals surface area contributed by atoms with Gasteiger partial charge in [-0.15, -0.1) is 0 Å². The zero-order valence-corrected chi connectivity index (χ0v) is 9.70. The van der Waals surface area contributed by atoms with Crippen LogP contribution in [0.5, 0.6) is 0 Å². The first kappa shape index (κ1) is 12.3. The molecular formula is C11H22N2O2. The minimum atomic E-state index is 0.0156. The Morgan fingerprint density at radius 3 is 2.93 bits per heavy atom. The van der Waals surface area contributed by atoms with Gasteiger partial charge in [0.15, 0.2) is 0 Å². The van der Waals surface area contributed by atoms with Gasteiger partial charge in [0.1, 0.15) is 0 Å². The number of hydrogen-bond donors (Lipinski definition) is 2. The fourth-order valence-corrected chi connectivity index (χ4v) is 1.80. The van der Waals surface area contributed by atoms with E-state index in [0.717, 1.165) is 25.9 Å². The average molecular weight is 214 g/mol. The summed E-state index contributed by atoms with van der Waals surface area (Å²) in [6.45, 7) is 6.58. The van der Waals surface area contributed by atoms with E-state index in [9.17, 15) is 4.79 Å². The topological polar surface area (TPSA) is 52.6 Å². The first-order valence-corrected chi connectivity index (χ1v) is 5.77. The molecule has 0 aromatic heterocycles. The van der Waals surface area contributed by atoms with Crippen molar-refractivity contribution in [2.45, 2.75) is 26.7 Å². The lowest BCUT2D eigenvalue weighted by atomic mass is 9.99. The standard InChI is InChI=1S/C11H22N2O2/c1-9(2)6-12-11(15)13-5-3-4-10(7-13)8-14/h9-10,14H,3-8H2,1-2H3,(H,12,15).